The Hall–Kier alpha value is -2.24. The van der Waals surface area contributed by atoms with Crippen LogP contribution in [0.1, 0.15) is 83.9 Å². The number of aromatic amines is 1. The minimum Gasteiger partial charge on any atom is -0.449 e. The first-order valence-corrected chi connectivity index (χ1v) is 11.4. The molecule has 1 fully saturated rings. The zero-order chi connectivity index (χ0) is 20.6. The predicted molar refractivity (Wildman–Crippen MR) is 120 cm³/mol. The number of carbonyl (C=O) groups is 1. The van der Waals surface area contributed by atoms with Gasteiger partial charge in [0.25, 0.3) is 0 Å². The highest BCUT2D eigenvalue weighted by molar-refractivity contribution is 5.95. The quantitative estimate of drug-likeness (QED) is 0.492. The molecule has 1 amide bonds. The molecule has 0 aliphatic heterocycles. The molecule has 0 saturated heterocycles. The number of fused-ring (bicyclic) bond motifs is 1. The summed E-state index contributed by atoms with van der Waals surface area (Å²) in [6, 6.07) is 4.13. The molecule has 0 spiro atoms. The normalized spacial score (nSPS) is 14.9. The molecule has 0 atom stereocenters. The number of hydrogen-bond donors (Lipinski definition) is 2. The zero-order valence-corrected chi connectivity index (χ0v) is 18.2. The van der Waals surface area contributed by atoms with E-state index in [9.17, 15) is 4.79 Å². The third-order valence-electron chi connectivity index (χ3n) is 5.79. The summed E-state index contributed by atoms with van der Waals surface area (Å²) in [6.45, 7) is 8.64. The van der Waals surface area contributed by atoms with Gasteiger partial charge in [0.1, 0.15) is 5.82 Å². The highest BCUT2D eigenvalue weighted by Gasteiger charge is 2.21. The Labute approximate surface area is 174 Å². The van der Waals surface area contributed by atoms with Crippen LogP contribution in [0.15, 0.2) is 12.1 Å². The van der Waals surface area contributed by atoms with Crippen LogP contribution in [0.25, 0.3) is 11.0 Å². The van der Waals surface area contributed by atoms with Crippen molar-refractivity contribution in [2.75, 3.05) is 29.9 Å². The number of rotatable bonds is 9. The lowest BCUT2D eigenvalue weighted by atomic mass is 9.89. The maximum Gasteiger partial charge on any atom is 0.411 e. The molecule has 1 aromatic carbocycles. The van der Waals surface area contributed by atoms with Crippen molar-refractivity contribution in [1.29, 1.82) is 0 Å². The second-order valence-electron chi connectivity index (χ2n) is 8.04. The van der Waals surface area contributed by atoms with E-state index in [0.717, 1.165) is 60.6 Å². The minimum absolute atomic E-state index is 0.390. The number of nitrogens with one attached hydrogen (secondary N) is 2. The summed E-state index contributed by atoms with van der Waals surface area (Å²) < 4.78 is 5.33. The molecule has 0 unspecified atom stereocenters. The first-order valence-electron chi connectivity index (χ1n) is 11.4. The number of hydrogen-bond acceptors (Lipinski definition) is 4. The molecule has 0 bridgehead atoms. The number of imidazole rings is 1. The maximum absolute atomic E-state index is 12.3. The zero-order valence-electron chi connectivity index (χ0n) is 18.2. The molecule has 29 heavy (non-hydrogen) atoms. The van der Waals surface area contributed by atoms with Crippen molar-refractivity contribution in [3.63, 3.8) is 0 Å². The molecule has 2 aromatic rings. The highest BCUT2D eigenvalue weighted by atomic mass is 16.5. The number of anilines is 2. The fraction of sp³-hybridized carbons (Fsp3) is 0.652. The lowest BCUT2D eigenvalue weighted by Crippen LogP contribution is -2.25. The van der Waals surface area contributed by atoms with Crippen LogP contribution in [-0.4, -0.2) is 35.8 Å². The third kappa shape index (κ3) is 5.43. The van der Waals surface area contributed by atoms with Crippen molar-refractivity contribution in [3.05, 3.63) is 18.0 Å². The van der Waals surface area contributed by atoms with Crippen molar-refractivity contribution in [3.8, 4) is 0 Å². The van der Waals surface area contributed by atoms with Crippen molar-refractivity contribution < 1.29 is 9.53 Å². The Balaban J connectivity index is 1.90. The van der Waals surface area contributed by atoms with Gasteiger partial charge in [0, 0.05) is 19.0 Å². The lowest BCUT2D eigenvalue weighted by Gasteiger charge is -2.25. The number of carbonyl (C=O) groups excluding carboxylic acids is 1. The average Bonchev–Trinajstić information content (AvgIpc) is 3.15. The molecule has 1 heterocycles. The van der Waals surface area contributed by atoms with Crippen LogP contribution in [0.4, 0.5) is 16.2 Å². The van der Waals surface area contributed by atoms with Crippen LogP contribution < -0.4 is 10.2 Å². The molecule has 6 heteroatoms. The van der Waals surface area contributed by atoms with Crippen LogP contribution in [-0.2, 0) is 4.74 Å². The van der Waals surface area contributed by atoms with Gasteiger partial charge < -0.3 is 14.6 Å². The van der Waals surface area contributed by atoms with Gasteiger partial charge in [-0.3, -0.25) is 5.32 Å². The lowest BCUT2D eigenvalue weighted by molar-refractivity contribution is 0.160. The van der Waals surface area contributed by atoms with E-state index in [4.69, 9.17) is 9.72 Å². The fourth-order valence-electron chi connectivity index (χ4n) is 4.17. The maximum atomic E-state index is 12.3. The molecule has 1 aliphatic rings. The smallest absolute Gasteiger partial charge is 0.411 e. The summed E-state index contributed by atoms with van der Waals surface area (Å²) in [6.07, 6.45) is 8.84. The van der Waals surface area contributed by atoms with E-state index in [2.05, 4.69) is 42.0 Å². The Kier molecular flexibility index (Phi) is 7.78. The molecule has 0 radical (unpaired) electrons. The van der Waals surface area contributed by atoms with E-state index in [-0.39, 0.29) is 0 Å². The minimum atomic E-state index is -0.390. The van der Waals surface area contributed by atoms with Gasteiger partial charge in [-0.2, -0.15) is 0 Å². The number of ether oxygens (including phenoxy) is 1. The Morgan fingerprint density at radius 3 is 2.69 bits per heavy atom. The van der Waals surface area contributed by atoms with E-state index >= 15 is 0 Å². The van der Waals surface area contributed by atoms with Crippen molar-refractivity contribution in [1.82, 2.24) is 9.97 Å². The van der Waals surface area contributed by atoms with Gasteiger partial charge in [-0.15, -0.1) is 0 Å². The van der Waals surface area contributed by atoms with Crippen LogP contribution >= 0.6 is 0 Å². The molecule has 1 saturated carbocycles. The molecule has 1 aliphatic carbocycles. The van der Waals surface area contributed by atoms with E-state index in [1.54, 1.807) is 0 Å². The molecule has 160 valence electrons. The monoisotopic (exact) mass is 400 g/mol. The van der Waals surface area contributed by atoms with Crippen LogP contribution in [0, 0.1) is 0 Å². The van der Waals surface area contributed by atoms with Crippen molar-refractivity contribution in [2.24, 2.45) is 0 Å². The van der Waals surface area contributed by atoms with Gasteiger partial charge in [-0.25, -0.2) is 9.78 Å². The topological polar surface area (TPSA) is 70.2 Å². The number of benzene rings is 1. The molecule has 6 nitrogen and oxygen atoms in total. The SMILES string of the molecule is CCCCOC(=O)Nc1cc2[nH]c(C3CCCCC3)nc2cc1N(CC)CCC. The number of H-pyrrole nitrogens is 1. The number of nitrogens with zero attached hydrogens (tertiary/aromatic N) is 2. The van der Waals surface area contributed by atoms with E-state index in [0.29, 0.717) is 12.5 Å². The van der Waals surface area contributed by atoms with Crippen LogP contribution in [0.2, 0.25) is 0 Å². The first-order chi connectivity index (χ1) is 14.2. The highest BCUT2D eigenvalue weighted by Crippen LogP contribution is 2.35. The van der Waals surface area contributed by atoms with Gasteiger partial charge in [-0.05, 0) is 44.7 Å². The Morgan fingerprint density at radius 1 is 1.21 bits per heavy atom. The van der Waals surface area contributed by atoms with Gasteiger partial charge in [0.15, 0.2) is 0 Å². The van der Waals surface area contributed by atoms with E-state index < -0.39 is 6.09 Å². The van der Waals surface area contributed by atoms with Crippen LogP contribution in [0.3, 0.4) is 0 Å². The summed E-state index contributed by atoms with van der Waals surface area (Å²) in [7, 11) is 0. The second kappa shape index (κ2) is 10.5. The summed E-state index contributed by atoms with van der Waals surface area (Å²) >= 11 is 0. The summed E-state index contributed by atoms with van der Waals surface area (Å²) in [5.41, 5.74) is 3.75. The summed E-state index contributed by atoms with van der Waals surface area (Å²) in [5, 5.41) is 2.97. The summed E-state index contributed by atoms with van der Waals surface area (Å²) in [4.78, 5) is 23.1. The van der Waals surface area contributed by atoms with Crippen LogP contribution in [0.5, 0.6) is 0 Å². The molecule has 1 aromatic heterocycles. The Bertz CT molecular complexity index is 796. The van der Waals surface area contributed by atoms with Gasteiger partial charge >= 0.3 is 6.09 Å². The van der Waals surface area contributed by atoms with E-state index in [1.165, 1.54) is 32.1 Å². The largest absolute Gasteiger partial charge is 0.449 e. The predicted octanol–water partition coefficient (Wildman–Crippen LogP) is 6.20. The first kappa shape index (κ1) is 21.5. The summed E-state index contributed by atoms with van der Waals surface area (Å²) in [5.74, 6) is 1.61. The second-order valence-corrected chi connectivity index (χ2v) is 8.04. The van der Waals surface area contributed by atoms with Gasteiger partial charge in [-0.1, -0.05) is 39.5 Å². The van der Waals surface area contributed by atoms with E-state index in [1.807, 2.05) is 6.07 Å². The standard InChI is InChI=1S/C23H36N4O2/c1-4-7-14-29-23(28)26-20-15-18-19(16-21(20)27(6-3)13-5-2)25-22(24-18)17-11-9-8-10-12-17/h15-17H,4-14H2,1-3H3,(H,24,25)(H,26,28). The Morgan fingerprint density at radius 2 is 2.00 bits per heavy atom. The number of amides is 1. The average molecular weight is 401 g/mol. The molecule has 2 N–H and O–H groups in total. The van der Waals surface area contributed by atoms with Gasteiger partial charge in [0.05, 0.1) is 29.0 Å². The molecular weight excluding hydrogens is 364 g/mol. The van der Waals surface area contributed by atoms with Crippen molar-refractivity contribution in [2.45, 2.75) is 78.1 Å². The van der Waals surface area contributed by atoms with Crippen molar-refractivity contribution >= 4 is 28.5 Å². The fourth-order valence-corrected chi connectivity index (χ4v) is 4.17. The number of unbranched alkanes of at least 4 members (excludes halogenated alkanes) is 1. The third-order valence-corrected chi connectivity index (χ3v) is 5.79. The molecular formula is C23H36N4O2. The van der Waals surface area contributed by atoms with Gasteiger partial charge in [0.2, 0.25) is 0 Å². The molecule has 3 rings (SSSR count). The number of aromatic nitrogens is 2.